The molecule has 6 nitrogen and oxygen atoms in total. The van der Waals surface area contributed by atoms with E-state index in [2.05, 4.69) is 24.3 Å². The molecular formula is C14H20N2O4. The molecule has 1 fully saturated rings. The van der Waals surface area contributed by atoms with Crippen LogP contribution < -0.4 is 5.32 Å². The first-order chi connectivity index (χ1) is 9.56. The molecule has 2 N–H and O–H groups in total. The van der Waals surface area contributed by atoms with Gasteiger partial charge in [-0.1, -0.05) is 19.0 Å². The second-order valence-electron chi connectivity index (χ2n) is 5.24. The summed E-state index contributed by atoms with van der Waals surface area (Å²) >= 11 is 0. The highest BCUT2D eigenvalue weighted by Gasteiger charge is 2.48. The van der Waals surface area contributed by atoms with E-state index >= 15 is 0 Å². The molecule has 0 aromatic carbocycles. The number of nitrogens with one attached hydrogen (secondary N) is 1. The lowest BCUT2D eigenvalue weighted by atomic mass is 9.99. The molecule has 1 aliphatic rings. The maximum absolute atomic E-state index is 11.7. The summed E-state index contributed by atoms with van der Waals surface area (Å²) in [5.41, 5.74) is 0.911. The highest BCUT2D eigenvalue weighted by Crippen LogP contribution is 2.38. The summed E-state index contributed by atoms with van der Waals surface area (Å²) in [5, 5.41) is 15.5. The van der Waals surface area contributed by atoms with E-state index in [1.807, 2.05) is 6.07 Å². The van der Waals surface area contributed by atoms with Gasteiger partial charge in [-0.15, -0.1) is 0 Å². The molecule has 2 rings (SSSR count). The van der Waals surface area contributed by atoms with Crippen molar-refractivity contribution in [3.63, 3.8) is 0 Å². The van der Waals surface area contributed by atoms with E-state index in [1.54, 1.807) is 0 Å². The number of carbonyl (C=O) groups excluding carboxylic acids is 1. The average molecular weight is 280 g/mol. The largest absolute Gasteiger partial charge is 0.481 e. The highest BCUT2D eigenvalue weighted by molar-refractivity contribution is 5.89. The van der Waals surface area contributed by atoms with Gasteiger partial charge in [0, 0.05) is 12.0 Å². The lowest BCUT2D eigenvalue weighted by Gasteiger charge is -2.06. The van der Waals surface area contributed by atoms with Gasteiger partial charge in [0.15, 0.2) is 5.76 Å². The summed E-state index contributed by atoms with van der Waals surface area (Å²) in [7, 11) is 0. The molecule has 0 aliphatic heterocycles. The number of carboxylic acid groups (broad SMARTS) is 1. The SMILES string of the molecule is CCC(CC)c1cc(CNC(=O)[C@@H]2C[C@@H]2C(=O)O)on1. The minimum absolute atomic E-state index is 0.224. The second-order valence-corrected chi connectivity index (χ2v) is 5.24. The zero-order valence-corrected chi connectivity index (χ0v) is 11.8. The number of aromatic nitrogens is 1. The molecule has 6 heteroatoms. The number of hydrogen-bond donors (Lipinski definition) is 2. The number of carboxylic acids is 1. The van der Waals surface area contributed by atoms with Gasteiger partial charge in [-0.25, -0.2) is 0 Å². The third-order valence-corrected chi connectivity index (χ3v) is 3.86. The number of hydrogen-bond acceptors (Lipinski definition) is 4. The van der Waals surface area contributed by atoms with Crippen LogP contribution >= 0.6 is 0 Å². The number of rotatable bonds is 7. The topological polar surface area (TPSA) is 92.4 Å². The first-order valence-corrected chi connectivity index (χ1v) is 7.02. The molecule has 110 valence electrons. The Balaban J connectivity index is 1.83. The molecule has 0 bridgehead atoms. The Labute approximate surface area is 117 Å². The van der Waals surface area contributed by atoms with E-state index in [9.17, 15) is 9.59 Å². The van der Waals surface area contributed by atoms with Gasteiger partial charge in [-0.3, -0.25) is 9.59 Å². The van der Waals surface area contributed by atoms with Crippen molar-refractivity contribution in [2.75, 3.05) is 0 Å². The van der Waals surface area contributed by atoms with E-state index in [0.717, 1.165) is 18.5 Å². The summed E-state index contributed by atoms with van der Waals surface area (Å²) in [4.78, 5) is 22.4. The van der Waals surface area contributed by atoms with Crippen LogP contribution in [0.25, 0.3) is 0 Å². The molecule has 0 unspecified atom stereocenters. The summed E-state index contributed by atoms with van der Waals surface area (Å²) in [5.74, 6) is -1.06. The van der Waals surface area contributed by atoms with Crippen LogP contribution in [-0.4, -0.2) is 22.1 Å². The van der Waals surface area contributed by atoms with Crippen molar-refractivity contribution in [3.05, 3.63) is 17.5 Å². The van der Waals surface area contributed by atoms with Crippen molar-refractivity contribution in [2.24, 2.45) is 11.8 Å². The minimum atomic E-state index is -0.902. The Morgan fingerprint density at radius 2 is 2.15 bits per heavy atom. The van der Waals surface area contributed by atoms with Gasteiger partial charge in [-0.05, 0) is 19.3 Å². The van der Waals surface area contributed by atoms with Crippen molar-refractivity contribution in [2.45, 2.75) is 45.6 Å². The number of nitrogens with zero attached hydrogens (tertiary/aromatic N) is 1. The summed E-state index contributed by atoms with van der Waals surface area (Å²) < 4.78 is 5.19. The zero-order valence-electron chi connectivity index (χ0n) is 11.8. The lowest BCUT2D eigenvalue weighted by Crippen LogP contribution is -2.25. The molecule has 1 aromatic rings. The average Bonchev–Trinajstić information content (AvgIpc) is 3.11. The van der Waals surface area contributed by atoms with E-state index in [0.29, 0.717) is 18.1 Å². The minimum Gasteiger partial charge on any atom is -0.481 e. The maximum Gasteiger partial charge on any atom is 0.307 e. The normalized spacial score (nSPS) is 20.9. The van der Waals surface area contributed by atoms with Crippen molar-refractivity contribution < 1.29 is 19.2 Å². The van der Waals surface area contributed by atoms with Crippen molar-refractivity contribution in [1.29, 1.82) is 0 Å². The molecule has 20 heavy (non-hydrogen) atoms. The lowest BCUT2D eigenvalue weighted by molar-refractivity contribution is -0.140. The summed E-state index contributed by atoms with van der Waals surface area (Å²) in [6.45, 7) is 4.46. The molecule has 0 spiro atoms. The van der Waals surface area contributed by atoms with Gasteiger partial charge in [-0.2, -0.15) is 0 Å². The standard InChI is InChI=1S/C14H20N2O4/c1-3-8(4-2)12-5-9(20-16-12)7-15-13(17)10-6-11(10)14(18)19/h5,8,10-11H,3-4,6-7H2,1-2H3,(H,15,17)(H,18,19)/t10-,11+/m1/s1. The van der Waals surface area contributed by atoms with Crippen LogP contribution in [0.4, 0.5) is 0 Å². The Morgan fingerprint density at radius 3 is 2.70 bits per heavy atom. The number of aliphatic carboxylic acids is 1. The molecule has 1 heterocycles. The third kappa shape index (κ3) is 3.18. The third-order valence-electron chi connectivity index (χ3n) is 3.86. The van der Waals surface area contributed by atoms with Crippen LogP contribution in [0.5, 0.6) is 0 Å². The molecule has 0 radical (unpaired) electrons. The van der Waals surface area contributed by atoms with Gasteiger partial charge in [0.25, 0.3) is 0 Å². The van der Waals surface area contributed by atoms with Crippen LogP contribution in [0.3, 0.4) is 0 Å². The molecular weight excluding hydrogens is 260 g/mol. The number of carbonyl (C=O) groups is 2. The fraction of sp³-hybridized carbons (Fsp3) is 0.643. The van der Waals surface area contributed by atoms with Crippen molar-refractivity contribution >= 4 is 11.9 Å². The predicted molar refractivity (Wildman–Crippen MR) is 70.9 cm³/mol. The van der Waals surface area contributed by atoms with Crippen LogP contribution in [0.2, 0.25) is 0 Å². The van der Waals surface area contributed by atoms with Crippen molar-refractivity contribution in [3.8, 4) is 0 Å². The Bertz CT molecular complexity index is 493. The predicted octanol–water partition coefficient (Wildman–Crippen LogP) is 1.92. The van der Waals surface area contributed by atoms with E-state index < -0.39 is 17.8 Å². The monoisotopic (exact) mass is 280 g/mol. The zero-order chi connectivity index (χ0) is 14.7. The van der Waals surface area contributed by atoms with E-state index in [1.165, 1.54) is 0 Å². The van der Waals surface area contributed by atoms with E-state index in [-0.39, 0.29) is 12.5 Å². The Kier molecular flexibility index (Phi) is 4.42. The maximum atomic E-state index is 11.7. The van der Waals surface area contributed by atoms with Crippen LogP contribution in [0.1, 0.15) is 50.5 Å². The quantitative estimate of drug-likeness (QED) is 0.796. The van der Waals surface area contributed by atoms with Crippen LogP contribution in [0.15, 0.2) is 10.6 Å². The van der Waals surface area contributed by atoms with Crippen LogP contribution in [-0.2, 0) is 16.1 Å². The summed E-state index contributed by atoms with van der Waals surface area (Å²) in [6, 6.07) is 1.86. The molecule has 1 amide bonds. The highest BCUT2D eigenvalue weighted by atomic mass is 16.5. The molecule has 2 atom stereocenters. The van der Waals surface area contributed by atoms with Gasteiger partial charge in [0.2, 0.25) is 5.91 Å². The Hall–Kier alpha value is -1.85. The molecule has 1 aromatic heterocycles. The van der Waals surface area contributed by atoms with Crippen molar-refractivity contribution in [1.82, 2.24) is 10.5 Å². The first-order valence-electron chi connectivity index (χ1n) is 7.02. The second kappa shape index (κ2) is 6.07. The molecule has 1 aliphatic carbocycles. The van der Waals surface area contributed by atoms with Gasteiger partial charge >= 0.3 is 5.97 Å². The van der Waals surface area contributed by atoms with E-state index in [4.69, 9.17) is 9.63 Å². The Morgan fingerprint density at radius 1 is 1.45 bits per heavy atom. The molecule has 0 saturated heterocycles. The number of amides is 1. The summed E-state index contributed by atoms with van der Waals surface area (Å²) in [6.07, 6.45) is 2.42. The fourth-order valence-corrected chi connectivity index (χ4v) is 2.37. The smallest absolute Gasteiger partial charge is 0.307 e. The van der Waals surface area contributed by atoms with Crippen LogP contribution in [0, 0.1) is 11.8 Å². The fourth-order valence-electron chi connectivity index (χ4n) is 2.37. The van der Waals surface area contributed by atoms with Gasteiger partial charge in [0.1, 0.15) is 0 Å². The van der Waals surface area contributed by atoms with Gasteiger partial charge < -0.3 is 14.9 Å². The first kappa shape index (κ1) is 14.6. The molecule has 1 saturated carbocycles. The van der Waals surface area contributed by atoms with Gasteiger partial charge in [0.05, 0.1) is 24.1 Å².